The highest BCUT2D eigenvalue weighted by molar-refractivity contribution is 6.24. The Balaban J connectivity index is 0.000000136. The van der Waals surface area contributed by atoms with Gasteiger partial charge in [-0.3, -0.25) is 0 Å². The molecule has 2 nitrogen and oxygen atoms in total. The SMILES string of the molecule is c1cc(-c2cccc3ccccc23)cc(-c2c3ccccc3c(-c3ccc(-c4ccc5oc6cc7ccccc7cc6c5c4)cc3)c3ccccc23)c1.c1ccc2cc(-c3ccc(-c4c5ccccc5c(-c5ccc(-c6ccc7oc8cc9ccccc9cc8c7c6)cc5)c5ccccc45)cc3)ccc2c1. The lowest BCUT2D eigenvalue weighted by Gasteiger charge is -2.18. The van der Waals surface area contributed by atoms with Crippen LogP contribution in [0.2, 0.25) is 0 Å². The lowest BCUT2D eigenvalue weighted by Crippen LogP contribution is -1.91. The molecule has 0 aliphatic rings. The van der Waals surface area contributed by atoms with Gasteiger partial charge in [-0.05, 0) is 236 Å². The van der Waals surface area contributed by atoms with Crippen molar-refractivity contribution in [1.82, 2.24) is 0 Å². The summed E-state index contributed by atoms with van der Waals surface area (Å²) in [6.45, 7) is 0. The van der Waals surface area contributed by atoms with Crippen molar-refractivity contribution in [1.29, 1.82) is 0 Å². The van der Waals surface area contributed by atoms with Crippen LogP contribution in [0, 0.1) is 0 Å². The minimum atomic E-state index is 0.913. The molecular weight excluding hydrogens is 1280 g/mol. The first-order chi connectivity index (χ1) is 52.5. The molecular formula is C104H64O2. The van der Waals surface area contributed by atoms with Crippen molar-refractivity contribution < 1.29 is 8.83 Å². The standard InChI is InChI=1S/2C52H32O/c1-2-13-37-32-50-48(30-36(37)12-1)47-31-38(27-28-49(47)53-50)33-23-25-35(26-24-33)51-43-18-5-7-20-45(43)52(46-21-8-6-19-44(46)51)40-16-9-15-39(29-40)42-22-10-14-34-11-3-4-17-41(34)42;1-2-10-38-29-41(26-21-33(38)9-1)34-17-22-36(23-18-34)51-43-13-5-7-15-45(43)52(46-16-8-6-14-44(46)51)37-24-19-35(20-25-37)42-27-28-49-47(31-42)48-30-39-11-3-4-12-40(39)32-50(48)53-49/h2*1-32H. The van der Waals surface area contributed by atoms with Gasteiger partial charge in [-0.2, -0.15) is 0 Å². The number of benzene rings is 20. The Kier molecular flexibility index (Phi) is 14.3. The van der Waals surface area contributed by atoms with E-state index < -0.39 is 0 Å². The summed E-state index contributed by atoms with van der Waals surface area (Å²) >= 11 is 0. The van der Waals surface area contributed by atoms with Gasteiger partial charge in [0.25, 0.3) is 0 Å². The Bertz CT molecular complexity index is 7170. The van der Waals surface area contributed by atoms with Crippen LogP contribution in [0.5, 0.6) is 0 Å². The second kappa shape index (κ2) is 25.0. The molecule has 22 rings (SSSR count). The first-order valence-electron chi connectivity index (χ1n) is 36.5. The van der Waals surface area contributed by atoms with E-state index in [4.69, 9.17) is 8.83 Å². The summed E-state index contributed by atoms with van der Waals surface area (Å²) in [5, 5.41) is 24.5. The van der Waals surface area contributed by atoms with Crippen molar-refractivity contribution in [2.24, 2.45) is 0 Å². The minimum Gasteiger partial charge on any atom is -0.456 e. The molecule has 2 heterocycles. The fraction of sp³-hybridized carbons (Fsp3) is 0. The average molecular weight is 1350 g/mol. The molecule has 0 bridgehead atoms. The summed E-state index contributed by atoms with van der Waals surface area (Å²) in [5.41, 5.74) is 23.3. The average Bonchev–Trinajstić information content (AvgIpc) is 1.00. The Labute approximate surface area is 612 Å². The fourth-order valence-electron chi connectivity index (χ4n) is 17.0. The van der Waals surface area contributed by atoms with Crippen LogP contribution in [0.3, 0.4) is 0 Å². The van der Waals surface area contributed by atoms with Crippen LogP contribution >= 0.6 is 0 Å². The molecule has 0 atom stereocenters. The molecule has 20 aromatic carbocycles. The van der Waals surface area contributed by atoms with Gasteiger partial charge in [-0.25, -0.2) is 0 Å². The highest BCUT2D eigenvalue weighted by Gasteiger charge is 2.21. The molecule has 0 saturated carbocycles. The van der Waals surface area contributed by atoms with Crippen LogP contribution in [0.15, 0.2) is 397 Å². The zero-order valence-corrected chi connectivity index (χ0v) is 57.8. The summed E-state index contributed by atoms with van der Waals surface area (Å²) in [4.78, 5) is 0. The Morgan fingerprint density at radius 1 is 0.123 bits per heavy atom. The van der Waals surface area contributed by atoms with Crippen molar-refractivity contribution in [2.45, 2.75) is 0 Å². The van der Waals surface area contributed by atoms with E-state index in [0.29, 0.717) is 0 Å². The first-order valence-corrected chi connectivity index (χ1v) is 36.5. The maximum Gasteiger partial charge on any atom is 0.136 e. The summed E-state index contributed by atoms with van der Waals surface area (Å²) in [5.74, 6) is 0. The molecule has 0 aliphatic carbocycles. The Morgan fingerprint density at radius 3 is 0.830 bits per heavy atom. The number of rotatable bonds is 8. The van der Waals surface area contributed by atoms with Crippen LogP contribution < -0.4 is 0 Å². The Hall–Kier alpha value is -13.9. The molecule has 0 spiro atoms. The maximum atomic E-state index is 6.30. The Morgan fingerprint density at radius 2 is 0.406 bits per heavy atom. The van der Waals surface area contributed by atoms with Crippen LogP contribution in [0.4, 0.5) is 0 Å². The van der Waals surface area contributed by atoms with E-state index in [0.717, 1.165) is 43.9 Å². The molecule has 0 fully saturated rings. The zero-order valence-electron chi connectivity index (χ0n) is 57.8. The zero-order chi connectivity index (χ0) is 69.8. The quantitative estimate of drug-likeness (QED) is 0.142. The highest BCUT2D eigenvalue weighted by atomic mass is 16.3. The van der Waals surface area contributed by atoms with E-state index in [-0.39, 0.29) is 0 Å². The summed E-state index contributed by atoms with van der Waals surface area (Å²) < 4.78 is 12.6. The number of hydrogen-bond acceptors (Lipinski definition) is 2. The molecule has 0 amide bonds. The van der Waals surface area contributed by atoms with Gasteiger partial charge < -0.3 is 8.83 Å². The molecule has 0 saturated heterocycles. The van der Waals surface area contributed by atoms with Gasteiger partial charge in [0, 0.05) is 21.5 Å². The smallest absolute Gasteiger partial charge is 0.136 e. The molecule has 2 aromatic heterocycles. The second-order valence-corrected chi connectivity index (χ2v) is 28.1. The molecule has 2 heteroatoms. The lowest BCUT2D eigenvalue weighted by atomic mass is 9.85. The van der Waals surface area contributed by atoms with E-state index in [2.05, 4.69) is 388 Å². The monoisotopic (exact) mass is 1340 g/mol. The van der Waals surface area contributed by atoms with Gasteiger partial charge in [-0.15, -0.1) is 0 Å². The fourth-order valence-corrected chi connectivity index (χ4v) is 17.0. The number of furan rings is 2. The lowest BCUT2D eigenvalue weighted by molar-refractivity contribution is 0.669. The summed E-state index contributed by atoms with van der Waals surface area (Å²) in [7, 11) is 0. The minimum absolute atomic E-state index is 0.913. The van der Waals surface area contributed by atoms with Crippen molar-refractivity contribution in [3.05, 3.63) is 388 Å². The van der Waals surface area contributed by atoms with E-state index >= 15 is 0 Å². The van der Waals surface area contributed by atoms with Crippen molar-refractivity contribution in [3.8, 4) is 89.0 Å². The van der Waals surface area contributed by atoms with E-state index in [1.165, 1.54) is 175 Å². The molecule has 0 unspecified atom stereocenters. The number of hydrogen-bond donors (Lipinski definition) is 0. The van der Waals surface area contributed by atoms with Gasteiger partial charge in [0.05, 0.1) is 0 Å². The third-order valence-electron chi connectivity index (χ3n) is 22.1. The van der Waals surface area contributed by atoms with Gasteiger partial charge in [0.2, 0.25) is 0 Å². The van der Waals surface area contributed by atoms with Crippen LogP contribution in [-0.2, 0) is 0 Å². The molecule has 0 aliphatic heterocycles. The second-order valence-electron chi connectivity index (χ2n) is 28.1. The van der Waals surface area contributed by atoms with Gasteiger partial charge in [-0.1, -0.05) is 328 Å². The van der Waals surface area contributed by atoms with Crippen molar-refractivity contribution >= 4 is 130 Å². The van der Waals surface area contributed by atoms with Crippen molar-refractivity contribution in [2.75, 3.05) is 0 Å². The molecule has 106 heavy (non-hydrogen) atoms. The van der Waals surface area contributed by atoms with E-state index in [1.54, 1.807) is 0 Å². The molecule has 0 N–H and O–H groups in total. The number of fused-ring (bicyclic) bond motifs is 14. The predicted molar refractivity (Wildman–Crippen MR) is 451 cm³/mol. The maximum absolute atomic E-state index is 6.30. The van der Waals surface area contributed by atoms with Gasteiger partial charge in [0.15, 0.2) is 0 Å². The van der Waals surface area contributed by atoms with Crippen LogP contribution in [-0.4, -0.2) is 0 Å². The normalized spacial score (nSPS) is 11.8. The summed E-state index contributed by atoms with van der Waals surface area (Å²) in [6, 6.07) is 141. The molecule has 0 radical (unpaired) electrons. The molecule has 492 valence electrons. The topological polar surface area (TPSA) is 26.3 Å². The van der Waals surface area contributed by atoms with E-state index in [9.17, 15) is 0 Å². The molecule has 22 aromatic rings. The third kappa shape index (κ3) is 10.3. The van der Waals surface area contributed by atoms with Gasteiger partial charge in [0.1, 0.15) is 22.3 Å². The van der Waals surface area contributed by atoms with Crippen molar-refractivity contribution in [3.63, 3.8) is 0 Å². The van der Waals surface area contributed by atoms with Gasteiger partial charge >= 0.3 is 0 Å². The van der Waals surface area contributed by atoms with E-state index in [1.807, 2.05) is 0 Å². The van der Waals surface area contributed by atoms with Crippen LogP contribution in [0.25, 0.3) is 219 Å². The van der Waals surface area contributed by atoms with Crippen LogP contribution in [0.1, 0.15) is 0 Å². The predicted octanol–water partition coefficient (Wildman–Crippen LogP) is 29.7. The summed E-state index contributed by atoms with van der Waals surface area (Å²) in [6.07, 6.45) is 0. The largest absolute Gasteiger partial charge is 0.456 e. The highest BCUT2D eigenvalue weighted by Crippen LogP contribution is 2.48. The first kappa shape index (κ1) is 60.8. The third-order valence-corrected chi connectivity index (χ3v) is 22.1.